The van der Waals surface area contributed by atoms with E-state index >= 15 is 0 Å². The van der Waals surface area contributed by atoms with Crippen molar-refractivity contribution < 1.29 is 9.84 Å². The Morgan fingerprint density at radius 2 is 2.25 bits per heavy atom. The average Bonchev–Trinajstić information content (AvgIpc) is 2.45. The monoisotopic (exact) mass is 172 g/mol. The molecule has 0 amide bonds. The van der Waals surface area contributed by atoms with E-state index < -0.39 is 0 Å². The minimum absolute atomic E-state index is 0.0120. The molecule has 1 aliphatic carbocycles. The summed E-state index contributed by atoms with van der Waals surface area (Å²) in [7, 11) is 0. The lowest BCUT2D eigenvalue weighted by Gasteiger charge is -2.08. The van der Waals surface area contributed by atoms with Crippen molar-refractivity contribution in [3.05, 3.63) is 0 Å². The van der Waals surface area contributed by atoms with Crippen LogP contribution in [0.2, 0.25) is 0 Å². The predicted octanol–water partition coefficient (Wildman–Crippen LogP) is 1.96. The molecule has 0 bridgehead atoms. The average molecular weight is 172 g/mol. The van der Waals surface area contributed by atoms with Crippen LogP contribution < -0.4 is 0 Å². The van der Waals surface area contributed by atoms with E-state index in [-0.39, 0.29) is 6.10 Å². The maximum absolute atomic E-state index is 9.27. The molecule has 0 aromatic heterocycles. The SMILES string of the molecule is CCOCCCC1CCC(O)C1. The summed E-state index contributed by atoms with van der Waals surface area (Å²) in [5, 5.41) is 9.27. The number of hydrogen-bond acceptors (Lipinski definition) is 2. The van der Waals surface area contributed by atoms with E-state index in [0.29, 0.717) is 0 Å². The van der Waals surface area contributed by atoms with Crippen molar-refractivity contribution in [1.29, 1.82) is 0 Å². The highest BCUT2D eigenvalue weighted by Gasteiger charge is 2.21. The first-order valence-electron chi connectivity index (χ1n) is 5.08. The molecule has 72 valence electrons. The van der Waals surface area contributed by atoms with Crippen molar-refractivity contribution >= 4 is 0 Å². The summed E-state index contributed by atoms with van der Waals surface area (Å²) in [4.78, 5) is 0. The lowest BCUT2D eigenvalue weighted by Crippen LogP contribution is -2.02. The van der Waals surface area contributed by atoms with Crippen LogP contribution in [0.15, 0.2) is 0 Å². The quantitative estimate of drug-likeness (QED) is 0.642. The fourth-order valence-corrected chi connectivity index (χ4v) is 1.93. The van der Waals surface area contributed by atoms with Gasteiger partial charge in [0.05, 0.1) is 6.10 Å². The Kier molecular flexibility index (Phi) is 4.62. The van der Waals surface area contributed by atoms with Gasteiger partial charge in [0.15, 0.2) is 0 Å². The van der Waals surface area contributed by atoms with Gasteiger partial charge in [0.25, 0.3) is 0 Å². The minimum Gasteiger partial charge on any atom is -0.393 e. The van der Waals surface area contributed by atoms with Crippen molar-refractivity contribution in [2.75, 3.05) is 13.2 Å². The Bertz CT molecular complexity index is 114. The number of hydrogen-bond donors (Lipinski definition) is 1. The van der Waals surface area contributed by atoms with Crippen molar-refractivity contribution in [3.63, 3.8) is 0 Å². The number of ether oxygens (including phenoxy) is 1. The standard InChI is InChI=1S/C10H20O2/c1-2-12-7-3-4-9-5-6-10(11)8-9/h9-11H,2-8H2,1H3. The fraction of sp³-hybridized carbons (Fsp3) is 1.00. The Hall–Kier alpha value is -0.0800. The second kappa shape index (κ2) is 5.55. The minimum atomic E-state index is -0.0120. The first kappa shape index (κ1) is 10.0. The first-order chi connectivity index (χ1) is 5.83. The second-order valence-corrected chi connectivity index (χ2v) is 3.67. The third-order valence-corrected chi connectivity index (χ3v) is 2.62. The van der Waals surface area contributed by atoms with Crippen molar-refractivity contribution in [2.24, 2.45) is 5.92 Å². The summed E-state index contributed by atoms with van der Waals surface area (Å²) in [5.74, 6) is 0.764. The molecule has 0 aromatic carbocycles. The molecule has 1 saturated carbocycles. The van der Waals surface area contributed by atoms with E-state index in [0.717, 1.165) is 38.4 Å². The molecule has 2 unspecified atom stereocenters. The van der Waals surface area contributed by atoms with Crippen LogP contribution in [0.5, 0.6) is 0 Å². The summed E-state index contributed by atoms with van der Waals surface area (Å²) in [6.45, 7) is 3.75. The molecular weight excluding hydrogens is 152 g/mol. The molecule has 0 aromatic rings. The van der Waals surface area contributed by atoms with Gasteiger partial charge < -0.3 is 9.84 Å². The van der Waals surface area contributed by atoms with E-state index in [4.69, 9.17) is 4.74 Å². The molecule has 0 saturated heterocycles. The summed E-state index contributed by atoms with van der Waals surface area (Å²) >= 11 is 0. The number of rotatable bonds is 5. The zero-order valence-electron chi connectivity index (χ0n) is 7.96. The fourth-order valence-electron chi connectivity index (χ4n) is 1.93. The van der Waals surface area contributed by atoms with Crippen LogP contribution >= 0.6 is 0 Å². The lowest BCUT2D eigenvalue weighted by atomic mass is 10.0. The smallest absolute Gasteiger partial charge is 0.0543 e. The molecule has 1 fully saturated rings. The van der Waals surface area contributed by atoms with Gasteiger partial charge in [-0.05, 0) is 44.9 Å². The third-order valence-electron chi connectivity index (χ3n) is 2.62. The van der Waals surface area contributed by atoms with Crippen molar-refractivity contribution in [3.8, 4) is 0 Å². The van der Waals surface area contributed by atoms with E-state index in [1.807, 2.05) is 6.92 Å². The molecule has 2 heteroatoms. The van der Waals surface area contributed by atoms with Crippen LogP contribution in [0.25, 0.3) is 0 Å². The van der Waals surface area contributed by atoms with Gasteiger partial charge >= 0.3 is 0 Å². The molecule has 2 nitrogen and oxygen atoms in total. The highest BCUT2D eigenvalue weighted by atomic mass is 16.5. The van der Waals surface area contributed by atoms with Crippen LogP contribution in [0.1, 0.15) is 39.0 Å². The Balaban J connectivity index is 1.93. The molecule has 1 N–H and O–H groups in total. The molecule has 0 radical (unpaired) electrons. The zero-order valence-corrected chi connectivity index (χ0v) is 7.96. The Morgan fingerprint density at radius 1 is 1.42 bits per heavy atom. The normalized spacial score (nSPS) is 29.5. The largest absolute Gasteiger partial charge is 0.393 e. The van der Waals surface area contributed by atoms with Crippen LogP contribution in [-0.4, -0.2) is 24.4 Å². The maximum Gasteiger partial charge on any atom is 0.0543 e. The summed E-state index contributed by atoms with van der Waals surface area (Å²) in [5.41, 5.74) is 0. The molecule has 1 aliphatic rings. The number of aliphatic hydroxyl groups is 1. The first-order valence-corrected chi connectivity index (χ1v) is 5.08. The molecule has 0 spiro atoms. The predicted molar refractivity (Wildman–Crippen MR) is 49.1 cm³/mol. The van der Waals surface area contributed by atoms with Gasteiger partial charge in [-0.25, -0.2) is 0 Å². The Labute approximate surface area is 74.9 Å². The summed E-state index contributed by atoms with van der Waals surface area (Å²) in [6, 6.07) is 0. The molecular formula is C10H20O2. The molecule has 0 aliphatic heterocycles. The maximum atomic E-state index is 9.27. The molecule has 0 heterocycles. The van der Waals surface area contributed by atoms with Gasteiger partial charge in [-0.3, -0.25) is 0 Å². The van der Waals surface area contributed by atoms with Gasteiger partial charge in [-0.1, -0.05) is 0 Å². The van der Waals surface area contributed by atoms with Gasteiger partial charge in [0.2, 0.25) is 0 Å². The topological polar surface area (TPSA) is 29.5 Å². The highest BCUT2D eigenvalue weighted by Crippen LogP contribution is 2.28. The Morgan fingerprint density at radius 3 is 2.83 bits per heavy atom. The molecule has 2 atom stereocenters. The van der Waals surface area contributed by atoms with E-state index in [9.17, 15) is 5.11 Å². The highest BCUT2D eigenvalue weighted by molar-refractivity contribution is 4.74. The van der Waals surface area contributed by atoms with Crippen molar-refractivity contribution in [2.45, 2.75) is 45.1 Å². The van der Waals surface area contributed by atoms with E-state index in [1.54, 1.807) is 0 Å². The van der Waals surface area contributed by atoms with Gasteiger partial charge in [-0.15, -0.1) is 0 Å². The van der Waals surface area contributed by atoms with Crippen molar-refractivity contribution in [1.82, 2.24) is 0 Å². The van der Waals surface area contributed by atoms with Gasteiger partial charge in [0, 0.05) is 13.2 Å². The van der Waals surface area contributed by atoms with Crippen LogP contribution in [-0.2, 0) is 4.74 Å². The van der Waals surface area contributed by atoms with Crippen LogP contribution in [0, 0.1) is 5.92 Å². The van der Waals surface area contributed by atoms with Crippen LogP contribution in [0.4, 0.5) is 0 Å². The van der Waals surface area contributed by atoms with Gasteiger partial charge in [-0.2, -0.15) is 0 Å². The lowest BCUT2D eigenvalue weighted by molar-refractivity contribution is 0.137. The summed E-state index contributed by atoms with van der Waals surface area (Å²) < 4.78 is 5.26. The van der Waals surface area contributed by atoms with E-state index in [2.05, 4.69) is 0 Å². The second-order valence-electron chi connectivity index (χ2n) is 3.67. The summed E-state index contributed by atoms with van der Waals surface area (Å²) in [6.07, 6.45) is 5.63. The number of aliphatic hydroxyl groups excluding tert-OH is 1. The van der Waals surface area contributed by atoms with Gasteiger partial charge in [0.1, 0.15) is 0 Å². The van der Waals surface area contributed by atoms with E-state index in [1.165, 1.54) is 12.8 Å². The van der Waals surface area contributed by atoms with Crippen LogP contribution in [0.3, 0.4) is 0 Å². The molecule has 1 rings (SSSR count). The third kappa shape index (κ3) is 3.55. The zero-order chi connectivity index (χ0) is 8.81. The molecule has 12 heavy (non-hydrogen) atoms.